The van der Waals surface area contributed by atoms with Gasteiger partial charge in [0.1, 0.15) is 12.4 Å². The third-order valence-corrected chi connectivity index (χ3v) is 2.62. The summed E-state index contributed by atoms with van der Waals surface area (Å²) >= 11 is 5.39. The minimum Gasteiger partial charge on any atom is -0.854 e. The highest BCUT2D eigenvalue weighted by Crippen LogP contribution is 2.11. The van der Waals surface area contributed by atoms with Crippen LogP contribution in [-0.4, -0.2) is 12.5 Å². The van der Waals surface area contributed by atoms with E-state index in [1.165, 1.54) is 10.2 Å². The van der Waals surface area contributed by atoms with Crippen LogP contribution in [0.1, 0.15) is 5.56 Å². The van der Waals surface area contributed by atoms with E-state index in [-0.39, 0.29) is 5.90 Å². The molecule has 1 aromatic carbocycles. The molecule has 102 valence electrons. The molecule has 0 radical (unpaired) electrons. The summed E-state index contributed by atoms with van der Waals surface area (Å²) in [7, 11) is 0. The largest absolute Gasteiger partial charge is 0.854 e. The number of rotatable bonds is 5. The van der Waals surface area contributed by atoms with Gasteiger partial charge in [-0.15, -0.1) is 0 Å². The number of hydrogen-bond acceptors (Lipinski definition) is 3. The third-order valence-electron chi connectivity index (χ3n) is 2.44. The van der Waals surface area contributed by atoms with E-state index < -0.39 is 0 Å². The Balaban J connectivity index is 2.07. The van der Waals surface area contributed by atoms with Gasteiger partial charge in [-0.2, -0.15) is 0 Å². The number of hydrogen-bond donors (Lipinski definition) is 0. The number of aromatic nitrogens is 1. The Morgan fingerprint density at radius 1 is 1.20 bits per heavy atom. The molecule has 2 rings (SSSR count). The molecule has 0 unspecified atom stereocenters. The van der Waals surface area contributed by atoms with E-state index >= 15 is 0 Å². The van der Waals surface area contributed by atoms with E-state index in [9.17, 15) is 5.11 Å². The highest BCUT2D eigenvalue weighted by Gasteiger charge is 1.99. The second-order valence-electron chi connectivity index (χ2n) is 3.86. The SMILES string of the molecule is [O-]C(=N[n+]1ccccc1)c1ccc(OC/C=C/Cl)cc1. The number of ether oxygens (including phenoxy) is 1. The summed E-state index contributed by atoms with van der Waals surface area (Å²) in [5, 5.41) is 15.9. The Kier molecular flexibility index (Phi) is 5.15. The lowest BCUT2D eigenvalue weighted by atomic mass is 10.2. The molecule has 1 aromatic heterocycles. The summed E-state index contributed by atoms with van der Waals surface area (Å²) in [5.74, 6) is 0.358. The van der Waals surface area contributed by atoms with E-state index in [0.717, 1.165) is 0 Å². The maximum absolute atomic E-state index is 11.9. The van der Waals surface area contributed by atoms with Gasteiger partial charge in [0.2, 0.25) is 12.4 Å². The average Bonchev–Trinajstić information content (AvgIpc) is 2.49. The zero-order valence-electron chi connectivity index (χ0n) is 10.6. The summed E-state index contributed by atoms with van der Waals surface area (Å²) in [6, 6.07) is 12.3. The molecule has 0 bridgehead atoms. The minimum absolute atomic E-state index is 0.312. The predicted molar refractivity (Wildman–Crippen MR) is 75.5 cm³/mol. The van der Waals surface area contributed by atoms with Crippen LogP contribution >= 0.6 is 11.6 Å². The Hall–Kier alpha value is -2.33. The molecule has 0 atom stereocenters. The fraction of sp³-hybridized carbons (Fsp3) is 0.0667. The van der Waals surface area contributed by atoms with Gasteiger partial charge in [0.15, 0.2) is 0 Å². The first-order valence-corrected chi connectivity index (χ1v) is 6.44. The monoisotopic (exact) mass is 288 g/mol. The van der Waals surface area contributed by atoms with Gasteiger partial charge in [0.25, 0.3) is 0 Å². The van der Waals surface area contributed by atoms with E-state index in [1.807, 2.05) is 6.07 Å². The number of benzene rings is 1. The highest BCUT2D eigenvalue weighted by molar-refractivity contribution is 6.25. The third kappa shape index (κ3) is 4.10. The molecule has 1 heterocycles. The molecule has 4 nitrogen and oxygen atoms in total. The maximum Gasteiger partial charge on any atom is 0.202 e. The second kappa shape index (κ2) is 7.31. The van der Waals surface area contributed by atoms with Gasteiger partial charge in [-0.1, -0.05) is 34.5 Å². The first-order chi connectivity index (χ1) is 9.79. The molecule has 0 fully saturated rings. The van der Waals surface area contributed by atoms with Crippen molar-refractivity contribution < 1.29 is 14.5 Å². The lowest BCUT2D eigenvalue weighted by Gasteiger charge is -2.08. The number of halogens is 1. The highest BCUT2D eigenvalue weighted by atomic mass is 35.5. The van der Waals surface area contributed by atoms with Crippen LogP contribution in [0.2, 0.25) is 0 Å². The molecule has 0 saturated heterocycles. The first-order valence-electron chi connectivity index (χ1n) is 6.00. The fourth-order valence-corrected chi connectivity index (χ4v) is 1.57. The smallest absolute Gasteiger partial charge is 0.202 e. The molecule has 0 aliphatic heterocycles. The summed E-state index contributed by atoms with van der Waals surface area (Å²) in [4.78, 5) is 0. The molecule has 0 spiro atoms. The Morgan fingerprint density at radius 2 is 1.90 bits per heavy atom. The van der Waals surface area contributed by atoms with Crippen molar-refractivity contribution in [1.29, 1.82) is 0 Å². The van der Waals surface area contributed by atoms with Gasteiger partial charge in [0, 0.05) is 17.7 Å². The zero-order chi connectivity index (χ0) is 14.2. The van der Waals surface area contributed by atoms with Crippen LogP contribution < -0.4 is 14.5 Å². The second-order valence-corrected chi connectivity index (χ2v) is 4.11. The average molecular weight is 289 g/mol. The zero-order valence-corrected chi connectivity index (χ0v) is 11.4. The van der Waals surface area contributed by atoms with Gasteiger partial charge in [0.05, 0.1) is 5.90 Å². The first kappa shape index (κ1) is 14.1. The number of nitrogens with zero attached hydrogens (tertiary/aromatic N) is 2. The van der Waals surface area contributed by atoms with E-state index in [4.69, 9.17) is 16.3 Å². The summed E-state index contributed by atoms with van der Waals surface area (Å²) in [5.41, 5.74) is 1.90. The lowest BCUT2D eigenvalue weighted by Crippen LogP contribution is -2.33. The summed E-state index contributed by atoms with van der Waals surface area (Å²) in [6.45, 7) is 0.390. The molecule has 5 heteroatoms. The van der Waals surface area contributed by atoms with Crippen LogP contribution in [0.25, 0.3) is 0 Å². The van der Waals surface area contributed by atoms with Crippen molar-refractivity contribution in [3.8, 4) is 5.75 Å². The quantitative estimate of drug-likeness (QED) is 0.477. The molecular weight excluding hydrogens is 276 g/mol. The van der Waals surface area contributed by atoms with Crippen LogP contribution in [0.5, 0.6) is 5.75 Å². The van der Waals surface area contributed by atoms with E-state index in [2.05, 4.69) is 5.10 Å². The summed E-state index contributed by atoms with van der Waals surface area (Å²) in [6.07, 6.45) is 5.09. The van der Waals surface area contributed by atoms with Gasteiger partial charge >= 0.3 is 0 Å². The topological polar surface area (TPSA) is 48.5 Å². The molecule has 0 N–H and O–H groups in total. The van der Waals surface area contributed by atoms with Crippen molar-refractivity contribution in [3.05, 3.63) is 72.0 Å². The van der Waals surface area contributed by atoms with Crippen molar-refractivity contribution in [1.82, 2.24) is 0 Å². The van der Waals surface area contributed by atoms with Crippen LogP contribution in [0, 0.1) is 0 Å². The van der Waals surface area contributed by atoms with Crippen molar-refractivity contribution in [2.24, 2.45) is 5.10 Å². The normalized spacial score (nSPS) is 11.8. The Morgan fingerprint density at radius 3 is 2.55 bits per heavy atom. The van der Waals surface area contributed by atoms with Gasteiger partial charge in [-0.05, 0) is 28.9 Å². The molecule has 2 aromatic rings. The summed E-state index contributed by atoms with van der Waals surface area (Å²) < 4.78 is 6.85. The van der Waals surface area contributed by atoms with Crippen molar-refractivity contribution >= 4 is 17.5 Å². The predicted octanol–water partition coefficient (Wildman–Crippen LogP) is 1.68. The van der Waals surface area contributed by atoms with Crippen LogP contribution in [0.3, 0.4) is 0 Å². The minimum atomic E-state index is -0.312. The van der Waals surface area contributed by atoms with Crippen LogP contribution in [0.4, 0.5) is 0 Å². The molecule has 0 aliphatic rings. The van der Waals surface area contributed by atoms with Crippen molar-refractivity contribution in [3.63, 3.8) is 0 Å². The van der Waals surface area contributed by atoms with E-state index in [0.29, 0.717) is 17.9 Å². The standard InChI is InChI=1S/C15H13ClN2O2/c16-9-4-12-20-14-7-5-13(6-8-14)15(19)17-18-10-2-1-3-11-18/h1-11H,12H2/b9-4+. The molecule has 0 amide bonds. The van der Waals surface area contributed by atoms with Crippen LogP contribution in [0.15, 0.2) is 71.6 Å². The van der Waals surface area contributed by atoms with Crippen molar-refractivity contribution in [2.75, 3.05) is 6.61 Å². The van der Waals surface area contributed by atoms with E-state index in [1.54, 1.807) is 54.9 Å². The number of pyridine rings is 1. The van der Waals surface area contributed by atoms with Gasteiger partial charge in [-0.25, -0.2) is 0 Å². The maximum atomic E-state index is 11.9. The Labute approximate surface area is 122 Å². The molecule has 20 heavy (non-hydrogen) atoms. The lowest BCUT2D eigenvalue weighted by molar-refractivity contribution is -0.681. The molecular formula is C15H13ClN2O2. The molecule has 0 aliphatic carbocycles. The van der Waals surface area contributed by atoms with Crippen LogP contribution in [-0.2, 0) is 0 Å². The fourth-order valence-electron chi connectivity index (χ4n) is 1.49. The Bertz CT molecular complexity index is 595. The van der Waals surface area contributed by atoms with Gasteiger partial charge in [-0.3, -0.25) is 0 Å². The molecule has 0 saturated carbocycles. The van der Waals surface area contributed by atoms with Crippen molar-refractivity contribution in [2.45, 2.75) is 0 Å². The van der Waals surface area contributed by atoms with Gasteiger partial charge < -0.3 is 9.84 Å².